The smallest absolute Gasteiger partial charge is 0.247 e. The topological polar surface area (TPSA) is 64.9 Å². The summed E-state index contributed by atoms with van der Waals surface area (Å²) in [5.41, 5.74) is 3.09. The van der Waals surface area contributed by atoms with Gasteiger partial charge in [-0.25, -0.2) is 0 Å². The summed E-state index contributed by atoms with van der Waals surface area (Å²) in [6.07, 6.45) is 0.649. The summed E-state index contributed by atoms with van der Waals surface area (Å²) in [5, 5.41) is 15.1. The number of hydrogen-bond acceptors (Lipinski definition) is 3. The van der Waals surface area contributed by atoms with E-state index in [-0.39, 0.29) is 11.9 Å². The summed E-state index contributed by atoms with van der Waals surface area (Å²) in [7, 11) is 0. The van der Waals surface area contributed by atoms with Crippen molar-refractivity contribution in [1.82, 2.24) is 0 Å². The molecule has 1 atom stereocenters. The number of para-hydroxylation sites is 1. The van der Waals surface area contributed by atoms with Crippen molar-refractivity contribution in [1.29, 1.82) is 5.26 Å². The van der Waals surface area contributed by atoms with Gasteiger partial charge in [0.05, 0.1) is 22.3 Å². The van der Waals surface area contributed by atoms with Crippen molar-refractivity contribution in [3.63, 3.8) is 0 Å². The average molecular weight is 298 g/mol. The molecule has 0 unspecified atom stereocenters. The first-order valence-electron chi connectivity index (χ1n) is 6.52. The van der Waals surface area contributed by atoms with Crippen molar-refractivity contribution in [2.75, 3.05) is 10.6 Å². The standard InChI is InChI=1S/C16H12ClN3O/c17-12-7-10(9-18)5-6-14(12)20-16(21)15-8-11-3-1-2-4-13(11)19-15/h1-7,15,19H,8H2,(H,20,21)/t15-/m0/s1. The molecule has 4 nitrogen and oxygen atoms in total. The lowest BCUT2D eigenvalue weighted by atomic mass is 10.1. The maximum Gasteiger partial charge on any atom is 0.247 e. The summed E-state index contributed by atoms with van der Waals surface area (Å²) in [6, 6.07) is 14.3. The van der Waals surface area contributed by atoms with Crippen LogP contribution in [0.1, 0.15) is 11.1 Å². The predicted octanol–water partition coefficient (Wildman–Crippen LogP) is 3.19. The Bertz CT molecular complexity index is 726. The number of carbonyl (C=O) groups excluding carboxylic acids is 1. The van der Waals surface area contributed by atoms with Crippen molar-refractivity contribution in [3.05, 3.63) is 58.6 Å². The van der Waals surface area contributed by atoms with Crippen LogP contribution in [0.3, 0.4) is 0 Å². The SMILES string of the molecule is N#Cc1ccc(NC(=O)[C@@H]2Cc3ccccc3N2)c(Cl)c1. The van der Waals surface area contributed by atoms with E-state index in [2.05, 4.69) is 10.6 Å². The number of rotatable bonds is 2. The Morgan fingerprint density at radius 3 is 2.86 bits per heavy atom. The van der Waals surface area contributed by atoms with Crippen LogP contribution in [0.15, 0.2) is 42.5 Å². The van der Waals surface area contributed by atoms with Gasteiger partial charge in [-0.3, -0.25) is 4.79 Å². The third-order valence-corrected chi connectivity index (χ3v) is 3.76. The number of nitrogens with zero attached hydrogens (tertiary/aromatic N) is 1. The zero-order valence-electron chi connectivity index (χ0n) is 11.1. The molecule has 21 heavy (non-hydrogen) atoms. The Kier molecular flexibility index (Phi) is 3.51. The molecule has 0 saturated heterocycles. The molecule has 1 heterocycles. The maximum absolute atomic E-state index is 12.3. The van der Waals surface area contributed by atoms with Crippen LogP contribution in [-0.2, 0) is 11.2 Å². The van der Waals surface area contributed by atoms with E-state index in [0.717, 1.165) is 11.3 Å². The van der Waals surface area contributed by atoms with Gasteiger partial charge in [0.15, 0.2) is 0 Å². The number of halogens is 1. The fourth-order valence-electron chi connectivity index (χ4n) is 2.36. The molecule has 0 spiro atoms. The van der Waals surface area contributed by atoms with Crippen LogP contribution in [0, 0.1) is 11.3 Å². The van der Waals surface area contributed by atoms with Crippen molar-refractivity contribution in [3.8, 4) is 6.07 Å². The Morgan fingerprint density at radius 1 is 1.33 bits per heavy atom. The lowest BCUT2D eigenvalue weighted by molar-refractivity contribution is -0.116. The van der Waals surface area contributed by atoms with E-state index in [9.17, 15) is 4.79 Å². The van der Waals surface area contributed by atoms with Gasteiger partial charge in [0, 0.05) is 12.1 Å². The van der Waals surface area contributed by atoms with Crippen LogP contribution in [-0.4, -0.2) is 11.9 Å². The summed E-state index contributed by atoms with van der Waals surface area (Å²) in [4.78, 5) is 12.3. The molecule has 1 aliphatic rings. The highest BCUT2D eigenvalue weighted by Gasteiger charge is 2.26. The predicted molar refractivity (Wildman–Crippen MR) is 82.4 cm³/mol. The van der Waals surface area contributed by atoms with Crippen LogP contribution in [0.2, 0.25) is 5.02 Å². The monoisotopic (exact) mass is 297 g/mol. The molecule has 5 heteroatoms. The minimum Gasteiger partial charge on any atom is -0.373 e. The van der Waals surface area contributed by atoms with Gasteiger partial charge in [-0.15, -0.1) is 0 Å². The first-order chi connectivity index (χ1) is 10.2. The molecule has 3 rings (SSSR count). The molecule has 2 aromatic carbocycles. The molecule has 0 aliphatic carbocycles. The number of hydrogen-bond donors (Lipinski definition) is 2. The first kappa shape index (κ1) is 13.5. The molecular weight excluding hydrogens is 286 g/mol. The Morgan fingerprint density at radius 2 is 2.14 bits per heavy atom. The second-order valence-corrected chi connectivity index (χ2v) is 5.26. The summed E-state index contributed by atoms with van der Waals surface area (Å²) >= 11 is 6.06. The minimum absolute atomic E-state index is 0.141. The third kappa shape index (κ3) is 2.69. The Hall–Kier alpha value is -2.51. The summed E-state index contributed by atoms with van der Waals surface area (Å²) < 4.78 is 0. The molecule has 2 aromatic rings. The Balaban J connectivity index is 1.73. The number of nitrogens with one attached hydrogen (secondary N) is 2. The molecule has 1 aliphatic heterocycles. The van der Waals surface area contributed by atoms with Gasteiger partial charge in [0.25, 0.3) is 0 Å². The number of amides is 1. The van der Waals surface area contributed by atoms with Crippen LogP contribution in [0.5, 0.6) is 0 Å². The second-order valence-electron chi connectivity index (χ2n) is 4.85. The number of benzene rings is 2. The molecule has 2 N–H and O–H groups in total. The van der Waals surface area contributed by atoms with E-state index >= 15 is 0 Å². The average Bonchev–Trinajstić information content (AvgIpc) is 2.93. The molecule has 0 radical (unpaired) electrons. The number of carbonyl (C=O) groups is 1. The van der Waals surface area contributed by atoms with Crippen molar-refractivity contribution in [2.24, 2.45) is 0 Å². The highest BCUT2D eigenvalue weighted by molar-refractivity contribution is 6.33. The minimum atomic E-state index is -0.311. The lowest BCUT2D eigenvalue weighted by Crippen LogP contribution is -2.32. The quantitative estimate of drug-likeness (QED) is 0.894. The normalized spacial score (nSPS) is 15.7. The van der Waals surface area contributed by atoms with Crippen LogP contribution < -0.4 is 10.6 Å². The zero-order valence-corrected chi connectivity index (χ0v) is 11.8. The fourth-order valence-corrected chi connectivity index (χ4v) is 2.59. The second kappa shape index (κ2) is 5.47. The zero-order chi connectivity index (χ0) is 14.8. The molecule has 0 saturated carbocycles. The van der Waals surface area contributed by atoms with Gasteiger partial charge in [0.1, 0.15) is 6.04 Å². The van der Waals surface area contributed by atoms with Crippen molar-refractivity contribution in [2.45, 2.75) is 12.5 Å². The van der Waals surface area contributed by atoms with E-state index in [1.54, 1.807) is 12.1 Å². The van der Waals surface area contributed by atoms with E-state index in [4.69, 9.17) is 16.9 Å². The molecule has 1 amide bonds. The molecule has 0 fully saturated rings. The van der Waals surface area contributed by atoms with Crippen molar-refractivity contribution < 1.29 is 4.79 Å². The van der Waals surface area contributed by atoms with Gasteiger partial charge in [-0.05, 0) is 29.8 Å². The van der Waals surface area contributed by atoms with Gasteiger partial charge >= 0.3 is 0 Å². The van der Waals surface area contributed by atoms with Crippen LogP contribution >= 0.6 is 11.6 Å². The van der Waals surface area contributed by atoms with E-state index in [0.29, 0.717) is 22.7 Å². The van der Waals surface area contributed by atoms with E-state index in [1.807, 2.05) is 30.3 Å². The fraction of sp³-hybridized carbons (Fsp3) is 0.125. The molecular formula is C16H12ClN3O. The van der Waals surface area contributed by atoms with Crippen LogP contribution in [0.4, 0.5) is 11.4 Å². The van der Waals surface area contributed by atoms with Crippen molar-refractivity contribution >= 4 is 28.9 Å². The van der Waals surface area contributed by atoms with Gasteiger partial charge in [0.2, 0.25) is 5.91 Å². The lowest BCUT2D eigenvalue weighted by Gasteiger charge is -2.13. The van der Waals surface area contributed by atoms with E-state index < -0.39 is 0 Å². The number of nitriles is 1. The summed E-state index contributed by atoms with van der Waals surface area (Å²) in [5.74, 6) is -0.141. The first-order valence-corrected chi connectivity index (χ1v) is 6.90. The Labute approximate surface area is 127 Å². The summed E-state index contributed by atoms with van der Waals surface area (Å²) in [6.45, 7) is 0. The maximum atomic E-state index is 12.3. The van der Waals surface area contributed by atoms with Gasteiger partial charge in [-0.1, -0.05) is 29.8 Å². The van der Waals surface area contributed by atoms with Gasteiger partial charge < -0.3 is 10.6 Å². The van der Waals surface area contributed by atoms with Gasteiger partial charge in [-0.2, -0.15) is 5.26 Å². The highest BCUT2D eigenvalue weighted by Crippen LogP contribution is 2.27. The number of fused-ring (bicyclic) bond motifs is 1. The molecule has 104 valence electrons. The van der Waals surface area contributed by atoms with Crippen LogP contribution in [0.25, 0.3) is 0 Å². The third-order valence-electron chi connectivity index (χ3n) is 3.44. The molecule has 0 aromatic heterocycles. The van der Waals surface area contributed by atoms with E-state index in [1.165, 1.54) is 6.07 Å². The largest absolute Gasteiger partial charge is 0.373 e. The number of anilines is 2. The molecule has 0 bridgehead atoms. The highest BCUT2D eigenvalue weighted by atomic mass is 35.5.